The second-order valence-electron chi connectivity index (χ2n) is 5.45. The molecule has 0 bridgehead atoms. The predicted octanol–water partition coefficient (Wildman–Crippen LogP) is 1.08. The Hall–Kier alpha value is -2.80. The van der Waals surface area contributed by atoms with Crippen molar-refractivity contribution in [3.8, 4) is 11.4 Å². The molecule has 3 rings (SSSR count). The van der Waals surface area contributed by atoms with E-state index in [9.17, 15) is 4.79 Å². The summed E-state index contributed by atoms with van der Waals surface area (Å²) in [6, 6.07) is 9.14. The molecule has 2 heterocycles. The second kappa shape index (κ2) is 6.53. The van der Waals surface area contributed by atoms with Gasteiger partial charge in [0.05, 0.1) is 0 Å². The Bertz CT molecular complexity index is 809. The fraction of sp³-hybridized carbons (Fsp3) is 0.250. The summed E-state index contributed by atoms with van der Waals surface area (Å²) < 4.78 is 1.81. The number of nitrogens with one attached hydrogen (secondary N) is 1. The highest BCUT2D eigenvalue weighted by atomic mass is 16.1. The molecule has 1 amide bonds. The fourth-order valence-electron chi connectivity index (χ4n) is 2.21. The number of fused-ring (bicyclic) bond motifs is 1. The minimum absolute atomic E-state index is 0.0776. The summed E-state index contributed by atoms with van der Waals surface area (Å²) in [4.78, 5) is 18.2. The van der Waals surface area contributed by atoms with Crippen LogP contribution in [0.3, 0.4) is 0 Å². The predicted molar refractivity (Wildman–Crippen MR) is 87.1 cm³/mol. The lowest BCUT2D eigenvalue weighted by molar-refractivity contribution is 0.0951. The molecule has 0 spiro atoms. The van der Waals surface area contributed by atoms with E-state index >= 15 is 0 Å². The van der Waals surface area contributed by atoms with Gasteiger partial charge >= 0.3 is 0 Å². The number of hydrogen-bond donors (Lipinski definition) is 1. The number of aromatic nitrogens is 4. The highest BCUT2D eigenvalue weighted by Crippen LogP contribution is 2.18. The molecule has 118 valence electrons. The molecule has 0 aliphatic rings. The maximum Gasteiger partial charge on any atom is 0.255 e. The Morgan fingerprint density at radius 1 is 1.22 bits per heavy atom. The molecule has 2 aromatic heterocycles. The number of amides is 1. The topological polar surface area (TPSA) is 75.4 Å². The zero-order valence-corrected chi connectivity index (χ0v) is 13.1. The standard InChI is InChI=1S/C16H18N6O/c1-21(2)11-9-17-15(23)13-6-4-12(5-7-13)14-19-20-16-18-8-3-10-22(14)16/h3-8,10H,9,11H2,1-2H3,(H,17,23). The molecule has 0 atom stereocenters. The van der Waals surface area contributed by atoms with E-state index in [-0.39, 0.29) is 5.91 Å². The lowest BCUT2D eigenvalue weighted by atomic mass is 10.1. The first-order valence-corrected chi connectivity index (χ1v) is 7.34. The summed E-state index contributed by atoms with van der Waals surface area (Å²) in [6.07, 6.45) is 3.54. The lowest BCUT2D eigenvalue weighted by Gasteiger charge is -2.10. The smallest absolute Gasteiger partial charge is 0.255 e. The number of hydrogen-bond acceptors (Lipinski definition) is 5. The Morgan fingerprint density at radius 3 is 2.74 bits per heavy atom. The van der Waals surface area contributed by atoms with Crippen LogP contribution < -0.4 is 5.32 Å². The Morgan fingerprint density at radius 2 is 2.00 bits per heavy atom. The summed E-state index contributed by atoms with van der Waals surface area (Å²) in [5.41, 5.74) is 1.51. The molecule has 7 nitrogen and oxygen atoms in total. The molecule has 7 heteroatoms. The minimum atomic E-state index is -0.0776. The van der Waals surface area contributed by atoms with E-state index in [4.69, 9.17) is 0 Å². The molecule has 0 aliphatic carbocycles. The van der Waals surface area contributed by atoms with Crippen molar-refractivity contribution in [2.75, 3.05) is 27.2 Å². The molecule has 0 saturated heterocycles. The van der Waals surface area contributed by atoms with E-state index in [0.717, 1.165) is 12.1 Å². The van der Waals surface area contributed by atoms with Gasteiger partial charge in [-0.2, -0.15) is 0 Å². The van der Waals surface area contributed by atoms with Crippen LogP contribution in [0, 0.1) is 0 Å². The van der Waals surface area contributed by atoms with Crippen LogP contribution in [-0.4, -0.2) is 57.6 Å². The Labute approximate surface area is 134 Å². The molecule has 23 heavy (non-hydrogen) atoms. The molecule has 3 aromatic rings. The van der Waals surface area contributed by atoms with Crippen molar-refractivity contribution in [3.05, 3.63) is 48.3 Å². The molecule has 0 aliphatic heterocycles. The summed E-state index contributed by atoms with van der Waals surface area (Å²) in [7, 11) is 3.94. The quantitative estimate of drug-likeness (QED) is 0.763. The van der Waals surface area contributed by atoms with Crippen LogP contribution in [0.2, 0.25) is 0 Å². The fourth-order valence-corrected chi connectivity index (χ4v) is 2.21. The van der Waals surface area contributed by atoms with E-state index in [1.807, 2.05) is 47.8 Å². The van der Waals surface area contributed by atoms with Gasteiger partial charge in [0, 0.05) is 36.6 Å². The number of nitrogens with zero attached hydrogens (tertiary/aromatic N) is 5. The zero-order chi connectivity index (χ0) is 16.2. The van der Waals surface area contributed by atoms with Gasteiger partial charge in [0.15, 0.2) is 5.82 Å². The van der Waals surface area contributed by atoms with Gasteiger partial charge in [0.2, 0.25) is 0 Å². The Balaban J connectivity index is 1.75. The molecule has 0 fully saturated rings. The zero-order valence-electron chi connectivity index (χ0n) is 13.1. The van der Waals surface area contributed by atoms with Gasteiger partial charge in [0.1, 0.15) is 0 Å². The van der Waals surface area contributed by atoms with E-state index in [1.165, 1.54) is 0 Å². The van der Waals surface area contributed by atoms with Crippen molar-refractivity contribution in [3.63, 3.8) is 0 Å². The number of carbonyl (C=O) groups is 1. The van der Waals surface area contributed by atoms with Crippen LogP contribution >= 0.6 is 0 Å². The van der Waals surface area contributed by atoms with Crippen LogP contribution in [0.4, 0.5) is 0 Å². The van der Waals surface area contributed by atoms with E-state index in [1.54, 1.807) is 18.3 Å². The number of rotatable bonds is 5. The molecule has 0 saturated carbocycles. The molecule has 1 N–H and O–H groups in total. The monoisotopic (exact) mass is 310 g/mol. The molecular weight excluding hydrogens is 292 g/mol. The summed E-state index contributed by atoms with van der Waals surface area (Å²) in [6.45, 7) is 1.43. The van der Waals surface area contributed by atoms with Gasteiger partial charge in [-0.05, 0) is 32.3 Å². The van der Waals surface area contributed by atoms with Crippen LogP contribution in [0.5, 0.6) is 0 Å². The summed E-state index contributed by atoms with van der Waals surface area (Å²) >= 11 is 0. The van der Waals surface area contributed by atoms with Crippen molar-refractivity contribution in [2.45, 2.75) is 0 Å². The average molecular weight is 310 g/mol. The highest BCUT2D eigenvalue weighted by molar-refractivity contribution is 5.94. The van der Waals surface area contributed by atoms with Gasteiger partial charge in [-0.3, -0.25) is 9.20 Å². The maximum atomic E-state index is 12.1. The van der Waals surface area contributed by atoms with Gasteiger partial charge in [-0.15, -0.1) is 10.2 Å². The second-order valence-corrected chi connectivity index (χ2v) is 5.45. The molecular formula is C16H18N6O. The van der Waals surface area contributed by atoms with Crippen LogP contribution in [-0.2, 0) is 0 Å². The maximum absolute atomic E-state index is 12.1. The third-order valence-electron chi connectivity index (χ3n) is 3.44. The Kier molecular flexibility index (Phi) is 4.29. The lowest BCUT2D eigenvalue weighted by Crippen LogP contribution is -2.31. The van der Waals surface area contributed by atoms with Gasteiger partial charge in [-0.1, -0.05) is 12.1 Å². The van der Waals surface area contributed by atoms with E-state index in [0.29, 0.717) is 23.7 Å². The minimum Gasteiger partial charge on any atom is -0.351 e. The van der Waals surface area contributed by atoms with Crippen LogP contribution in [0.15, 0.2) is 42.7 Å². The first-order valence-electron chi connectivity index (χ1n) is 7.34. The van der Waals surface area contributed by atoms with Crippen molar-refractivity contribution < 1.29 is 4.79 Å². The normalized spacial score (nSPS) is 11.1. The summed E-state index contributed by atoms with van der Waals surface area (Å²) in [5.74, 6) is 1.17. The van der Waals surface area contributed by atoms with Gasteiger partial charge in [-0.25, -0.2) is 4.98 Å². The SMILES string of the molecule is CN(C)CCNC(=O)c1ccc(-c2nnc3ncccn23)cc1. The number of likely N-dealkylation sites (N-methyl/N-ethyl adjacent to an activating group) is 1. The van der Waals surface area contributed by atoms with Gasteiger partial charge in [0.25, 0.3) is 11.7 Å². The number of carbonyl (C=O) groups excluding carboxylic acids is 1. The van der Waals surface area contributed by atoms with Crippen molar-refractivity contribution in [1.29, 1.82) is 0 Å². The van der Waals surface area contributed by atoms with Crippen LogP contribution in [0.25, 0.3) is 17.2 Å². The third kappa shape index (κ3) is 3.35. The van der Waals surface area contributed by atoms with E-state index in [2.05, 4.69) is 20.5 Å². The molecule has 0 unspecified atom stereocenters. The van der Waals surface area contributed by atoms with Crippen molar-refractivity contribution >= 4 is 11.7 Å². The first kappa shape index (κ1) is 15.1. The van der Waals surface area contributed by atoms with Gasteiger partial charge < -0.3 is 10.2 Å². The average Bonchev–Trinajstić information content (AvgIpc) is 2.98. The molecule has 0 radical (unpaired) electrons. The molecule has 1 aromatic carbocycles. The van der Waals surface area contributed by atoms with Crippen molar-refractivity contribution in [2.24, 2.45) is 0 Å². The van der Waals surface area contributed by atoms with E-state index < -0.39 is 0 Å². The number of benzene rings is 1. The first-order chi connectivity index (χ1) is 11.1. The summed E-state index contributed by atoms with van der Waals surface area (Å²) in [5, 5.41) is 11.1. The largest absolute Gasteiger partial charge is 0.351 e. The third-order valence-corrected chi connectivity index (χ3v) is 3.44. The van der Waals surface area contributed by atoms with Crippen molar-refractivity contribution in [1.82, 2.24) is 29.8 Å². The van der Waals surface area contributed by atoms with Crippen LogP contribution in [0.1, 0.15) is 10.4 Å². The highest BCUT2D eigenvalue weighted by Gasteiger charge is 2.10.